The predicted octanol–water partition coefficient (Wildman–Crippen LogP) is 3.88. The molecule has 0 radical (unpaired) electrons. The van der Waals surface area contributed by atoms with E-state index in [-0.39, 0.29) is 6.04 Å². The van der Waals surface area contributed by atoms with E-state index < -0.39 is 0 Å². The Morgan fingerprint density at radius 3 is 2.31 bits per heavy atom. The lowest BCUT2D eigenvalue weighted by molar-refractivity contribution is -0.141. The molecular formula is C14H23NO. The van der Waals surface area contributed by atoms with Crippen molar-refractivity contribution >= 4 is 0 Å². The molecule has 0 bridgehead atoms. The molecule has 1 rings (SSSR count). The molecule has 0 aromatic heterocycles. The van der Waals surface area contributed by atoms with Crippen molar-refractivity contribution in [1.82, 2.24) is 5.06 Å². The number of nitrogens with zero attached hydrogens (tertiary/aromatic N) is 1. The summed E-state index contributed by atoms with van der Waals surface area (Å²) >= 11 is 0. The molecule has 0 aliphatic heterocycles. The van der Waals surface area contributed by atoms with Crippen LogP contribution < -0.4 is 0 Å². The van der Waals surface area contributed by atoms with E-state index in [1.165, 1.54) is 10.6 Å². The SMILES string of the molecule is CCCCN(O)C(c1ccccc1)C(C)C. The standard InChI is InChI=1S/C14H23NO/c1-4-5-11-15(16)14(12(2)3)13-9-7-6-8-10-13/h6-10,12,14,16H,4-5,11H2,1-3H3. The van der Waals surface area contributed by atoms with Crippen molar-refractivity contribution < 1.29 is 5.21 Å². The van der Waals surface area contributed by atoms with Gasteiger partial charge in [-0.05, 0) is 17.9 Å². The van der Waals surface area contributed by atoms with E-state index in [0.717, 1.165) is 19.4 Å². The summed E-state index contributed by atoms with van der Waals surface area (Å²) in [5, 5.41) is 11.6. The van der Waals surface area contributed by atoms with Crippen LogP contribution in [0.1, 0.15) is 45.2 Å². The van der Waals surface area contributed by atoms with Gasteiger partial charge in [0.05, 0.1) is 6.04 Å². The third-order valence-corrected chi connectivity index (χ3v) is 2.83. The highest BCUT2D eigenvalue weighted by molar-refractivity contribution is 5.19. The molecule has 0 spiro atoms. The Bertz CT molecular complexity index is 284. The lowest BCUT2D eigenvalue weighted by atomic mass is 9.95. The number of unbranched alkanes of at least 4 members (excludes halogenated alkanes) is 1. The average Bonchev–Trinajstić information content (AvgIpc) is 2.27. The highest BCUT2D eigenvalue weighted by Gasteiger charge is 2.21. The van der Waals surface area contributed by atoms with Crippen LogP contribution in [0, 0.1) is 5.92 Å². The summed E-state index contributed by atoms with van der Waals surface area (Å²) in [6.07, 6.45) is 2.14. The number of hydrogen-bond donors (Lipinski definition) is 1. The Hall–Kier alpha value is -0.860. The number of rotatable bonds is 6. The molecule has 90 valence electrons. The Kier molecular flexibility index (Phi) is 5.50. The molecule has 16 heavy (non-hydrogen) atoms. The summed E-state index contributed by atoms with van der Waals surface area (Å²) in [6.45, 7) is 7.18. The van der Waals surface area contributed by atoms with Gasteiger partial charge in [-0.1, -0.05) is 57.5 Å². The van der Waals surface area contributed by atoms with Gasteiger partial charge in [0.2, 0.25) is 0 Å². The topological polar surface area (TPSA) is 23.5 Å². The van der Waals surface area contributed by atoms with Crippen LogP contribution in [0.25, 0.3) is 0 Å². The van der Waals surface area contributed by atoms with Crippen molar-refractivity contribution in [2.45, 2.75) is 39.7 Å². The molecule has 1 aromatic rings. The predicted molar refractivity (Wildman–Crippen MR) is 67.4 cm³/mol. The quantitative estimate of drug-likeness (QED) is 0.737. The molecule has 0 aliphatic carbocycles. The molecule has 1 atom stereocenters. The minimum Gasteiger partial charge on any atom is -0.313 e. The second-order valence-corrected chi connectivity index (χ2v) is 4.62. The van der Waals surface area contributed by atoms with Gasteiger partial charge < -0.3 is 5.21 Å². The van der Waals surface area contributed by atoms with Gasteiger partial charge >= 0.3 is 0 Å². The fourth-order valence-corrected chi connectivity index (χ4v) is 2.01. The van der Waals surface area contributed by atoms with Gasteiger partial charge in [0.1, 0.15) is 0 Å². The second-order valence-electron chi connectivity index (χ2n) is 4.62. The van der Waals surface area contributed by atoms with E-state index in [9.17, 15) is 5.21 Å². The Morgan fingerprint density at radius 2 is 1.81 bits per heavy atom. The van der Waals surface area contributed by atoms with Crippen molar-refractivity contribution in [3.63, 3.8) is 0 Å². The van der Waals surface area contributed by atoms with Crippen molar-refractivity contribution in [1.29, 1.82) is 0 Å². The average molecular weight is 221 g/mol. The monoisotopic (exact) mass is 221 g/mol. The first-order chi connectivity index (χ1) is 7.66. The van der Waals surface area contributed by atoms with E-state index in [1.807, 2.05) is 18.2 Å². The summed E-state index contributed by atoms with van der Waals surface area (Å²) in [6, 6.07) is 10.3. The number of hydroxylamine groups is 2. The normalized spacial score (nSPS) is 13.4. The first kappa shape index (κ1) is 13.2. The van der Waals surface area contributed by atoms with E-state index in [0.29, 0.717) is 5.92 Å². The minimum atomic E-state index is 0.104. The smallest absolute Gasteiger partial charge is 0.0622 e. The van der Waals surface area contributed by atoms with Crippen LogP contribution in [-0.4, -0.2) is 16.8 Å². The van der Waals surface area contributed by atoms with Crippen LogP contribution >= 0.6 is 0 Å². The Labute approximate surface area is 98.9 Å². The first-order valence-corrected chi connectivity index (χ1v) is 6.17. The highest BCUT2D eigenvalue weighted by atomic mass is 16.5. The summed E-state index contributed by atoms with van der Waals surface area (Å²) in [5.74, 6) is 0.407. The maximum atomic E-state index is 10.1. The molecule has 0 heterocycles. The largest absolute Gasteiger partial charge is 0.313 e. The molecule has 0 saturated heterocycles. The van der Waals surface area contributed by atoms with Gasteiger partial charge in [-0.2, -0.15) is 5.06 Å². The minimum absolute atomic E-state index is 0.104. The highest BCUT2D eigenvalue weighted by Crippen LogP contribution is 2.27. The van der Waals surface area contributed by atoms with Gasteiger partial charge in [0.25, 0.3) is 0 Å². The molecule has 0 saturated carbocycles. The summed E-state index contributed by atoms with van der Waals surface area (Å²) in [4.78, 5) is 0. The summed E-state index contributed by atoms with van der Waals surface area (Å²) in [7, 11) is 0. The van der Waals surface area contributed by atoms with Gasteiger partial charge in [-0.15, -0.1) is 0 Å². The van der Waals surface area contributed by atoms with Gasteiger partial charge in [0, 0.05) is 6.54 Å². The van der Waals surface area contributed by atoms with Crippen LogP contribution in [0.5, 0.6) is 0 Å². The first-order valence-electron chi connectivity index (χ1n) is 6.17. The summed E-state index contributed by atoms with van der Waals surface area (Å²) in [5.41, 5.74) is 1.19. The van der Waals surface area contributed by atoms with E-state index >= 15 is 0 Å². The molecular weight excluding hydrogens is 198 g/mol. The van der Waals surface area contributed by atoms with Crippen LogP contribution in [0.4, 0.5) is 0 Å². The molecule has 0 aliphatic rings. The number of hydrogen-bond acceptors (Lipinski definition) is 2. The molecule has 1 N–H and O–H groups in total. The summed E-state index contributed by atoms with van der Waals surface area (Å²) < 4.78 is 0. The van der Waals surface area contributed by atoms with Crippen LogP contribution in [0.15, 0.2) is 30.3 Å². The zero-order chi connectivity index (χ0) is 12.0. The Morgan fingerprint density at radius 1 is 1.19 bits per heavy atom. The van der Waals surface area contributed by atoms with Crippen molar-refractivity contribution in [2.75, 3.05) is 6.54 Å². The second kappa shape index (κ2) is 6.66. The number of benzene rings is 1. The molecule has 0 fully saturated rings. The molecule has 0 amide bonds. The zero-order valence-corrected chi connectivity index (χ0v) is 10.6. The van der Waals surface area contributed by atoms with E-state index in [4.69, 9.17) is 0 Å². The maximum Gasteiger partial charge on any atom is 0.0622 e. The zero-order valence-electron chi connectivity index (χ0n) is 10.6. The third kappa shape index (κ3) is 3.62. The fraction of sp³-hybridized carbons (Fsp3) is 0.571. The van der Waals surface area contributed by atoms with Crippen LogP contribution in [-0.2, 0) is 0 Å². The van der Waals surface area contributed by atoms with Gasteiger partial charge in [-0.25, -0.2) is 0 Å². The van der Waals surface area contributed by atoms with Crippen molar-refractivity contribution in [3.8, 4) is 0 Å². The lowest BCUT2D eigenvalue weighted by Gasteiger charge is -2.29. The molecule has 1 unspecified atom stereocenters. The third-order valence-electron chi connectivity index (χ3n) is 2.83. The molecule has 2 nitrogen and oxygen atoms in total. The van der Waals surface area contributed by atoms with Crippen molar-refractivity contribution in [2.24, 2.45) is 5.92 Å². The fourth-order valence-electron chi connectivity index (χ4n) is 2.01. The van der Waals surface area contributed by atoms with Crippen LogP contribution in [0.3, 0.4) is 0 Å². The van der Waals surface area contributed by atoms with Crippen LogP contribution in [0.2, 0.25) is 0 Å². The van der Waals surface area contributed by atoms with E-state index in [2.05, 4.69) is 32.9 Å². The molecule has 2 heteroatoms. The Balaban J connectivity index is 2.75. The van der Waals surface area contributed by atoms with Gasteiger partial charge in [-0.3, -0.25) is 0 Å². The van der Waals surface area contributed by atoms with Gasteiger partial charge in [0.15, 0.2) is 0 Å². The lowest BCUT2D eigenvalue weighted by Crippen LogP contribution is -2.29. The van der Waals surface area contributed by atoms with Crippen molar-refractivity contribution in [3.05, 3.63) is 35.9 Å². The maximum absolute atomic E-state index is 10.1. The van der Waals surface area contributed by atoms with E-state index in [1.54, 1.807) is 0 Å². The molecule has 1 aromatic carbocycles.